The highest BCUT2D eigenvalue weighted by molar-refractivity contribution is 7.99. The van der Waals surface area contributed by atoms with Gasteiger partial charge in [0.2, 0.25) is 5.91 Å². The fourth-order valence-corrected chi connectivity index (χ4v) is 5.38. The number of aromatic nitrogens is 2. The van der Waals surface area contributed by atoms with Crippen LogP contribution in [0.3, 0.4) is 0 Å². The first-order valence-electron chi connectivity index (χ1n) is 8.92. The van der Waals surface area contributed by atoms with Gasteiger partial charge in [0.25, 0.3) is 5.56 Å². The summed E-state index contributed by atoms with van der Waals surface area (Å²) in [5.74, 6) is -0.0420. The molecule has 3 rings (SSSR count). The third-order valence-corrected chi connectivity index (χ3v) is 6.97. The SMILES string of the molecule is CCn1c(SCC(=O)Nc2c(C)cc(C)cc2Cl)nc2sc(C)c(C)c2c1=O. The molecular weight excluding hydrogens is 414 g/mol. The van der Waals surface area contributed by atoms with Gasteiger partial charge in [-0.25, -0.2) is 4.98 Å². The summed E-state index contributed by atoms with van der Waals surface area (Å²) in [6.07, 6.45) is 0. The Kier molecular flexibility index (Phi) is 6.17. The topological polar surface area (TPSA) is 64.0 Å². The molecule has 0 aliphatic rings. The smallest absolute Gasteiger partial charge is 0.263 e. The van der Waals surface area contributed by atoms with Gasteiger partial charge in [0.1, 0.15) is 4.83 Å². The van der Waals surface area contributed by atoms with Crippen molar-refractivity contribution in [2.75, 3.05) is 11.1 Å². The Bertz CT molecular complexity index is 1110. The van der Waals surface area contributed by atoms with Crippen molar-refractivity contribution in [3.63, 3.8) is 0 Å². The van der Waals surface area contributed by atoms with Crippen LogP contribution in [0.5, 0.6) is 0 Å². The first kappa shape index (κ1) is 20.9. The number of fused-ring (bicyclic) bond motifs is 1. The molecule has 0 fully saturated rings. The summed E-state index contributed by atoms with van der Waals surface area (Å²) in [5.41, 5.74) is 3.52. The van der Waals surface area contributed by atoms with E-state index in [1.165, 1.54) is 23.1 Å². The number of carbonyl (C=O) groups excluding carboxylic acids is 1. The van der Waals surface area contributed by atoms with Gasteiger partial charge >= 0.3 is 0 Å². The largest absolute Gasteiger partial charge is 0.324 e. The van der Waals surface area contributed by atoms with E-state index in [2.05, 4.69) is 10.3 Å². The van der Waals surface area contributed by atoms with Crippen LogP contribution in [0.25, 0.3) is 10.2 Å². The monoisotopic (exact) mass is 435 g/mol. The van der Waals surface area contributed by atoms with Crippen molar-refractivity contribution in [2.45, 2.75) is 46.3 Å². The summed E-state index contributed by atoms with van der Waals surface area (Å²) in [5, 5.41) is 4.63. The van der Waals surface area contributed by atoms with E-state index in [1.807, 2.05) is 46.8 Å². The number of benzene rings is 1. The first-order valence-corrected chi connectivity index (χ1v) is 11.1. The van der Waals surface area contributed by atoms with E-state index < -0.39 is 0 Å². The Morgan fingerprint density at radius 1 is 1.29 bits per heavy atom. The molecule has 0 radical (unpaired) electrons. The maximum absolute atomic E-state index is 12.9. The molecule has 2 aromatic heterocycles. The normalized spacial score (nSPS) is 11.2. The van der Waals surface area contributed by atoms with Crippen molar-refractivity contribution < 1.29 is 4.79 Å². The predicted octanol–water partition coefficient (Wildman–Crippen LogP) is 5.10. The molecule has 1 amide bonds. The average molecular weight is 436 g/mol. The maximum Gasteiger partial charge on any atom is 0.263 e. The van der Waals surface area contributed by atoms with Crippen molar-refractivity contribution in [3.8, 4) is 0 Å². The Labute approximate surface area is 177 Å². The molecule has 28 heavy (non-hydrogen) atoms. The minimum absolute atomic E-state index is 0.0466. The summed E-state index contributed by atoms with van der Waals surface area (Å²) < 4.78 is 1.63. The summed E-state index contributed by atoms with van der Waals surface area (Å²) in [6.45, 7) is 10.2. The second kappa shape index (κ2) is 8.27. The molecule has 0 saturated carbocycles. The van der Waals surface area contributed by atoms with Gasteiger partial charge in [0.05, 0.1) is 21.8 Å². The number of carbonyl (C=O) groups is 1. The number of nitrogens with one attached hydrogen (secondary N) is 1. The van der Waals surface area contributed by atoms with Crippen LogP contribution in [0.4, 0.5) is 5.69 Å². The number of aryl methyl sites for hydroxylation is 4. The minimum Gasteiger partial charge on any atom is -0.324 e. The number of thiophene rings is 1. The molecule has 0 bridgehead atoms. The van der Waals surface area contributed by atoms with Crippen molar-refractivity contribution in [3.05, 3.63) is 49.1 Å². The number of rotatable bonds is 5. The van der Waals surface area contributed by atoms with Crippen molar-refractivity contribution in [1.82, 2.24) is 9.55 Å². The van der Waals surface area contributed by atoms with Gasteiger partial charge in [-0.05, 0) is 57.4 Å². The standard InChI is InChI=1S/C20H22ClN3O2S2/c1-6-24-19(26)16-12(4)13(5)28-18(16)23-20(24)27-9-15(25)22-17-11(3)7-10(2)8-14(17)21/h7-8H,6,9H2,1-5H3,(H,22,25). The fraction of sp³-hybridized carbons (Fsp3) is 0.350. The van der Waals surface area contributed by atoms with Crippen LogP contribution in [0.1, 0.15) is 28.5 Å². The van der Waals surface area contributed by atoms with Crippen LogP contribution in [0, 0.1) is 27.7 Å². The van der Waals surface area contributed by atoms with E-state index in [4.69, 9.17) is 11.6 Å². The van der Waals surface area contributed by atoms with Gasteiger partial charge in [0, 0.05) is 11.4 Å². The van der Waals surface area contributed by atoms with Crippen molar-refractivity contribution in [2.24, 2.45) is 0 Å². The summed E-state index contributed by atoms with van der Waals surface area (Å²) in [4.78, 5) is 31.8. The van der Waals surface area contributed by atoms with Crippen LogP contribution in [0.2, 0.25) is 5.02 Å². The third-order valence-electron chi connectivity index (χ3n) is 4.60. The van der Waals surface area contributed by atoms with E-state index >= 15 is 0 Å². The van der Waals surface area contributed by atoms with Gasteiger partial charge in [0.15, 0.2) is 5.16 Å². The number of anilines is 1. The Hall–Kier alpha value is -1.83. The number of thioether (sulfide) groups is 1. The summed E-state index contributed by atoms with van der Waals surface area (Å²) in [7, 11) is 0. The van der Waals surface area contributed by atoms with Gasteiger partial charge in [-0.2, -0.15) is 0 Å². The number of nitrogens with zero attached hydrogens (tertiary/aromatic N) is 2. The Balaban J connectivity index is 1.84. The predicted molar refractivity (Wildman–Crippen MR) is 119 cm³/mol. The summed E-state index contributed by atoms with van der Waals surface area (Å²) >= 11 is 9.04. The third kappa shape index (κ3) is 3.97. The van der Waals surface area contributed by atoms with E-state index in [-0.39, 0.29) is 17.2 Å². The lowest BCUT2D eigenvalue weighted by atomic mass is 10.1. The number of amides is 1. The molecule has 1 aromatic carbocycles. The van der Waals surface area contributed by atoms with Crippen LogP contribution in [-0.4, -0.2) is 21.2 Å². The highest BCUT2D eigenvalue weighted by atomic mass is 35.5. The second-order valence-electron chi connectivity index (χ2n) is 6.68. The zero-order valence-electron chi connectivity index (χ0n) is 16.5. The molecule has 148 valence electrons. The molecule has 5 nitrogen and oxygen atoms in total. The molecule has 0 aliphatic carbocycles. The lowest BCUT2D eigenvalue weighted by molar-refractivity contribution is -0.113. The van der Waals surface area contributed by atoms with Gasteiger partial charge in [-0.15, -0.1) is 11.3 Å². The fourth-order valence-electron chi connectivity index (χ4n) is 3.08. The number of halogens is 1. The van der Waals surface area contributed by atoms with Crippen LogP contribution < -0.4 is 10.9 Å². The average Bonchev–Trinajstić information content (AvgIpc) is 2.90. The Morgan fingerprint density at radius 3 is 2.64 bits per heavy atom. The van der Waals surface area contributed by atoms with Crippen molar-refractivity contribution >= 4 is 56.5 Å². The number of hydrogen-bond acceptors (Lipinski definition) is 5. The van der Waals surface area contributed by atoms with E-state index in [0.717, 1.165) is 26.4 Å². The maximum atomic E-state index is 12.9. The molecule has 0 spiro atoms. The molecule has 0 saturated heterocycles. The highest BCUT2D eigenvalue weighted by Gasteiger charge is 2.17. The van der Waals surface area contributed by atoms with E-state index in [0.29, 0.717) is 27.8 Å². The van der Waals surface area contributed by atoms with Gasteiger partial charge in [-0.1, -0.05) is 29.4 Å². The molecule has 2 heterocycles. The van der Waals surface area contributed by atoms with Gasteiger partial charge in [-0.3, -0.25) is 14.2 Å². The Morgan fingerprint density at radius 2 is 2.00 bits per heavy atom. The zero-order valence-corrected chi connectivity index (χ0v) is 18.9. The molecule has 1 N–H and O–H groups in total. The zero-order chi connectivity index (χ0) is 20.6. The minimum atomic E-state index is -0.186. The lowest BCUT2D eigenvalue weighted by Crippen LogP contribution is -2.23. The molecule has 0 unspecified atom stereocenters. The van der Waals surface area contributed by atoms with Crippen LogP contribution >= 0.6 is 34.7 Å². The second-order valence-corrected chi connectivity index (χ2v) is 9.24. The lowest BCUT2D eigenvalue weighted by Gasteiger charge is -2.12. The highest BCUT2D eigenvalue weighted by Crippen LogP contribution is 2.29. The summed E-state index contributed by atoms with van der Waals surface area (Å²) in [6, 6.07) is 3.79. The van der Waals surface area contributed by atoms with E-state index in [1.54, 1.807) is 4.57 Å². The van der Waals surface area contributed by atoms with Crippen LogP contribution in [-0.2, 0) is 11.3 Å². The van der Waals surface area contributed by atoms with Crippen LogP contribution in [0.15, 0.2) is 22.1 Å². The molecular formula is C20H22ClN3O2S2. The quantitative estimate of drug-likeness (QED) is 0.447. The van der Waals surface area contributed by atoms with Crippen molar-refractivity contribution in [1.29, 1.82) is 0 Å². The van der Waals surface area contributed by atoms with Gasteiger partial charge < -0.3 is 5.32 Å². The molecule has 8 heteroatoms. The van der Waals surface area contributed by atoms with E-state index in [9.17, 15) is 9.59 Å². The molecule has 0 aliphatic heterocycles. The molecule has 3 aromatic rings. The molecule has 0 atom stereocenters. The first-order chi connectivity index (χ1) is 13.2. The number of hydrogen-bond donors (Lipinski definition) is 1.